The normalized spacial score (nSPS) is 20.0. The van der Waals surface area contributed by atoms with Crippen molar-refractivity contribution in [2.45, 2.75) is 63.5 Å². The first-order chi connectivity index (χ1) is 16.5. The minimum atomic E-state index is -0.914. The first-order valence-corrected chi connectivity index (χ1v) is 12.1. The lowest BCUT2D eigenvalue weighted by atomic mass is 9.85. The molecule has 0 spiro atoms. The summed E-state index contributed by atoms with van der Waals surface area (Å²) in [5, 5.41) is 14.8. The van der Waals surface area contributed by atoms with Gasteiger partial charge in [-0.1, -0.05) is 55.5 Å². The Morgan fingerprint density at radius 2 is 1.56 bits per heavy atom. The van der Waals surface area contributed by atoms with Crippen molar-refractivity contribution in [2.24, 2.45) is 5.92 Å². The van der Waals surface area contributed by atoms with Gasteiger partial charge in [-0.25, -0.2) is 4.79 Å². The van der Waals surface area contributed by atoms with Gasteiger partial charge in [-0.05, 0) is 54.4 Å². The molecular formula is C27H32N2O5. The maximum Gasteiger partial charge on any atom is 0.407 e. The number of carbonyl (C=O) groups excluding carboxylic acids is 2. The molecule has 2 aromatic rings. The van der Waals surface area contributed by atoms with Crippen LogP contribution in [-0.2, 0) is 14.3 Å². The van der Waals surface area contributed by atoms with Crippen molar-refractivity contribution < 1.29 is 24.2 Å². The highest BCUT2D eigenvalue weighted by atomic mass is 16.5. The van der Waals surface area contributed by atoms with Crippen LogP contribution in [0, 0.1) is 5.92 Å². The Bertz CT molecular complexity index is 999. The summed E-state index contributed by atoms with van der Waals surface area (Å²) in [7, 11) is 0. The number of ether oxygens (including phenoxy) is 1. The van der Waals surface area contributed by atoms with Crippen LogP contribution < -0.4 is 10.6 Å². The quantitative estimate of drug-likeness (QED) is 0.535. The van der Waals surface area contributed by atoms with Gasteiger partial charge >= 0.3 is 12.1 Å². The van der Waals surface area contributed by atoms with Crippen LogP contribution in [0.15, 0.2) is 48.5 Å². The van der Waals surface area contributed by atoms with Crippen molar-refractivity contribution in [2.75, 3.05) is 6.61 Å². The molecule has 3 N–H and O–H groups in total. The average Bonchev–Trinajstić information content (AvgIpc) is 3.16. The SMILES string of the molecule is CC[C@@H](CC(=O)O)NC(=O)C1CCC(NC(=O)OCC2c3ccccc3-c3ccccc32)CC1. The van der Waals surface area contributed by atoms with Crippen molar-refractivity contribution in [3.63, 3.8) is 0 Å². The number of hydrogen-bond acceptors (Lipinski definition) is 4. The number of aliphatic carboxylic acids is 1. The average molecular weight is 465 g/mol. The molecule has 7 nitrogen and oxygen atoms in total. The molecule has 2 aromatic carbocycles. The number of carbonyl (C=O) groups is 3. The van der Waals surface area contributed by atoms with Crippen molar-refractivity contribution in [1.29, 1.82) is 0 Å². The van der Waals surface area contributed by atoms with Crippen molar-refractivity contribution >= 4 is 18.0 Å². The van der Waals surface area contributed by atoms with E-state index >= 15 is 0 Å². The monoisotopic (exact) mass is 464 g/mol. The Balaban J connectivity index is 1.25. The third-order valence-electron chi connectivity index (χ3n) is 7.02. The molecule has 0 aromatic heterocycles. The second-order valence-electron chi connectivity index (χ2n) is 9.23. The molecule has 1 fully saturated rings. The summed E-state index contributed by atoms with van der Waals surface area (Å²) in [5.74, 6) is -1.13. The van der Waals surface area contributed by atoms with Crippen LogP contribution in [0.4, 0.5) is 4.79 Å². The van der Waals surface area contributed by atoms with E-state index in [1.54, 1.807) is 0 Å². The fourth-order valence-electron chi connectivity index (χ4n) is 5.13. The lowest BCUT2D eigenvalue weighted by Crippen LogP contribution is -2.44. The zero-order valence-corrected chi connectivity index (χ0v) is 19.5. The Labute approximate surface area is 199 Å². The lowest BCUT2D eigenvalue weighted by molar-refractivity contribution is -0.138. The zero-order chi connectivity index (χ0) is 24.1. The van der Waals surface area contributed by atoms with E-state index < -0.39 is 12.1 Å². The van der Waals surface area contributed by atoms with Crippen LogP contribution in [0.2, 0.25) is 0 Å². The predicted molar refractivity (Wildman–Crippen MR) is 128 cm³/mol. The van der Waals surface area contributed by atoms with Gasteiger partial charge in [0, 0.05) is 23.9 Å². The molecule has 0 unspecified atom stereocenters. The van der Waals surface area contributed by atoms with E-state index in [9.17, 15) is 14.4 Å². The molecule has 0 radical (unpaired) electrons. The first-order valence-electron chi connectivity index (χ1n) is 12.1. The van der Waals surface area contributed by atoms with E-state index in [-0.39, 0.29) is 42.9 Å². The number of fused-ring (bicyclic) bond motifs is 3. The molecular weight excluding hydrogens is 432 g/mol. The maximum atomic E-state index is 12.5. The summed E-state index contributed by atoms with van der Waals surface area (Å²) in [6.07, 6.45) is 2.78. The van der Waals surface area contributed by atoms with Gasteiger partial charge in [-0.2, -0.15) is 0 Å². The number of carboxylic acid groups (broad SMARTS) is 1. The lowest BCUT2D eigenvalue weighted by Gasteiger charge is -2.29. The molecule has 0 saturated heterocycles. The summed E-state index contributed by atoms with van der Waals surface area (Å²) in [4.78, 5) is 36.0. The topological polar surface area (TPSA) is 105 Å². The second-order valence-corrected chi connectivity index (χ2v) is 9.23. The zero-order valence-electron chi connectivity index (χ0n) is 19.5. The molecule has 34 heavy (non-hydrogen) atoms. The van der Waals surface area contributed by atoms with Crippen molar-refractivity contribution in [1.82, 2.24) is 10.6 Å². The molecule has 0 bridgehead atoms. The summed E-state index contributed by atoms with van der Waals surface area (Å²) >= 11 is 0. The molecule has 4 rings (SSSR count). The van der Waals surface area contributed by atoms with Gasteiger partial charge in [0.25, 0.3) is 0 Å². The van der Waals surface area contributed by atoms with Gasteiger partial charge < -0.3 is 20.5 Å². The minimum Gasteiger partial charge on any atom is -0.481 e. The van der Waals surface area contributed by atoms with Crippen LogP contribution >= 0.6 is 0 Å². The number of alkyl carbamates (subject to hydrolysis) is 1. The largest absolute Gasteiger partial charge is 0.481 e. The van der Waals surface area contributed by atoms with E-state index in [4.69, 9.17) is 9.84 Å². The molecule has 2 aliphatic rings. The summed E-state index contributed by atoms with van der Waals surface area (Å²) in [5.41, 5.74) is 4.74. The Morgan fingerprint density at radius 1 is 0.971 bits per heavy atom. The van der Waals surface area contributed by atoms with Crippen LogP contribution in [-0.4, -0.2) is 41.8 Å². The van der Waals surface area contributed by atoms with Gasteiger partial charge in [-0.3, -0.25) is 9.59 Å². The van der Waals surface area contributed by atoms with Gasteiger partial charge in [-0.15, -0.1) is 0 Å². The molecule has 2 aliphatic carbocycles. The smallest absolute Gasteiger partial charge is 0.407 e. The second kappa shape index (κ2) is 10.7. The molecule has 2 amide bonds. The highest BCUT2D eigenvalue weighted by Crippen LogP contribution is 2.44. The number of hydrogen-bond donors (Lipinski definition) is 3. The third kappa shape index (κ3) is 5.41. The summed E-state index contributed by atoms with van der Waals surface area (Å²) in [6.45, 7) is 2.14. The number of carboxylic acids is 1. The Kier molecular flexibility index (Phi) is 7.50. The predicted octanol–water partition coefficient (Wildman–Crippen LogP) is 4.45. The Hall–Kier alpha value is -3.35. The molecule has 180 valence electrons. The highest BCUT2D eigenvalue weighted by Gasteiger charge is 2.31. The molecule has 0 heterocycles. The van der Waals surface area contributed by atoms with Crippen LogP contribution in [0.1, 0.15) is 62.5 Å². The van der Waals surface area contributed by atoms with Gasteiger partial charge in [0.15, 0.2) is 0 Å². The fraction of sp³-hybridized carbons (Fsp3) is 0.444. The first kappa shape index (κ1) is 23.8. The van der Waals surface area contributed by atoms with Crippen LogP contribution in [0.5, 0.6) is 0 Å². The Morgan fingerprint density at radius 3 is 2.12 bits per heavy atom. The number of nitrogens with one attached hydrogen (secondary N) is 2. The van der Waals surface area contributed by atoms with Crippen molar-refractivity contribution in [3.05, 3.63) is 59.7 Å². The summed E-state index contributed by atoms with van der Waals surface area (Å²) in [6, 6.07) is 16.1. The molecule has 7 heteroatoms. The minimum absolute atomic E-state index is 0.0231. The highest BCUT2D eigenvalue weighted by molar-refractivity contribution is 5.80. The van der Waals surface area contributed by atoms with E-state index in [1.165, 1.54) is 22.3 Å². The van der Waals surface area contributed by atoms with Gasteiger partial charge in [0.05, 0.1) is 6.42 Å². The van der Waals surface area contributed by atoms with Gasteiger partial charge in [0.1, 0.15) is 6.61 Å². The van der Waals surface area contributed by atoms with E-state index in [0.717, 1.165) is 0 Å². The van der Waals surface area contributed by atoms with E-state index in [0.29, 0.717) is 32.1 Å². The van der Waals surface area contributed by atoms with Crippen molar-refractivity contribution in [3.8, 4) is 11.1 Å². The standard InChI is InChI=1S/C27H32N2O5/c1-2-18(15-25(30)31)28-26(32)17-11-13-19(14-12-17)29-27(33)34-16-24-22-9-5-3-7-20(22)21-8-4-6-10-23(21)24/h3-10,17-19,24H,2,11-16H2,1H3,(H,28,32)(H,29,33)(H,30,31)/t17?,18-,19?/m0/s1. The van der Waals surface area contributed by atoms with Crippen LogP contribution in [0.3, 0.4) is 0 Å². The number of benzene rings is 2. The molecule has 1 atom stereocenters. The number of amides is 2. The van der Waals surface area contributed by atoms with Gasteiger partial charge in [0.2, 0.25) is 5.91 Å². The van der Waals surface area contributed by atoms with E-state index in [2.05, 4.69) is 34.9 Å². The molecule has 1 saturated carbocycles. The summed E-state index contributed by atoms with van der Waals surface area (Å²) < 4.78 is 5.64. The molecule has 0 aliphatic heterocycles. The third-order valence-corrected chi connectivity index (χ3v) is 7.02. The van der Waals surface area contributed by atoms with Crippen LogP contribution in [0.25, 0.3) is 11.1 Å². The maximum absolute atomic E-state index is 12.5. The van der Waals surface area contributed by atoms with E-state index in [1.807, 2.05) is 31.2 Å². The number of rotatable bonds is 8. The fourth-order valence-corrected chi connectivity index (χ4v) is 5.13.